The molecule has 110 valence electrons. The number of carboxylic acids is 1. The first-order valence-electron chi connectivity index (χ1n) is 6.12. The van der Waals surface area contributed by atoms with Crippen LogP contribution in [0.5, 0.6) is 0 Å². The normalized spacial score (nSPS) is 10.7. The first-order chi connectivity index (χ1) is 10.6. The molecule has 3 aromatic rings. The van der Waals surface area contributed by atoms with E-state index in [2.05, 4.69) is 24.8 Å². The Morgan fingerprint density at radius 1 is 1.50 bits per heavy atom. The molecule has 0 bridgehead atoms. The van der Waals surface area contributed by atoms with E-state index in [1.54, 1.807) is 6.20 Å². The molecule has 0 unspecified atom stereocenters. The number of thioether (sulfide) groups is 1. The first kappa shape index (κ1) is 14.5. The van der Waals surface area contributed by atoms with Crippen molar-refractivity contribution in [2.24, 2.45) is 0 Å². The van der Waals surface area contributed by atoms with Crippen molar-refractivity contribution < 1.29 is 9.90 Å². The number of nitrogens with one attached hydrogen (secondary N) is 1. The van der Waals surface area contributed by atoms with Crippen molar-refractivity contribution in [1.29, 1.82) is 0 Å². The summed E-state index contributed by atoms with van der Waals surface area (Å²) in [5, 5.41) is 10.3. The molecule has 3 aromatic heterocycles. The van der Waals surface area contributed by atoms with Crippen LogP contribution in [0, 0.1) is 13.5 Å². The standard InChI is InChI=1S/C13H9N5O2S2/c1-6-10-7(3-16-11(6)14-2)17-13(18-10)21-5-9-15-4-8(22-9)12(19)20/h3-4H,5H2,1H3,(H,17,18)(H,19,20). The lowest BCUT2D eigenvalue weighted by Gasteiger charge is -1.94. The van der Waals surface area contributed by atoms with E-state index in [0.29, 0.717) is 16.7 Å². The Bertz CT molecular complexity index is 909. The number of aromatic amines is 1. The summed E-state index contributed by atoms with van der Waals surface area (Å²) in [7, 11) is 0. The fraction of sp³-hybridized carbons (Fsp3) is 0.154. The van der Waals surface area contributed by atoms with Crippen LogP contribution in [0.15, 0.2) is 17.6 Å². The summed E-state index contributed by atoms with van der Waals surface area (Å²) in [6.45, 7) is 8.88. The molecule has 0 aromatic carbocycles. The number of nitrogens with zero attached hydrogens (tertiary/aromatic N) is 4. The van der Waals surface area contributed by atoms with E-state index in [0.717, 1.165) is 32.9 Å². The van der Waals surface area contributed by atoms with Gasteiger partial charge in [0.05, 0.1) is 17.5 Å². The van der Waals surface area contributed by atoms with E-state index >= 15 is 0 Å². The Labute approximate surface area is 133 Å². The lowest BCUT2D eigenvalue weighted by atomic mass is 10.2. The molecule has 0 atom stereocenters. The average Bonchev–Trinajstić information content (AvgIpc) is 3.12. The number of H-pyrrole nitrogens is 1. The number of fused-ring (bicyclic) bond motifs is 1. The highest BCUT2D eigenvalue weighted by Gasteiger charge is 2.13. The van der Waals surface area contributed by atoms with Crippen LogP contribution in [0.4, 0.5) is 5.82 Å². The Balaban J connectivity index is 1.81. The highest BCUT2D eigenvalue weighted by molar-refractivity contribution is 7.98. The topological polar surface area (TPSA) is 96.1 Å². The number of rotatable bonds is 4. The molecule has 0 spiro atoms. The van der Waals surface area contributed by atoms with Gasteiger partial charge in [0.25, 0.3) is 5.82 Å². The summed E-state index contributed by atoms with van der Waals surface area (Å²) in [5.41, 5.74) is 2.25. The SMILES string of the molecule is [C-]#[N+]c1ncc2[nH]c(SCc3ncc(C(=O)O)s3)nc2c1C. The number of aryl methyl sites for hydroxylation is 1. The second kappa shape index (κ2) is 5.75. The zero-order valence-corrected chi connectivity index (χ0v) is 13.0. The van der Waals surface area contributed by atoms with Gasteiger partial charge in [-0.3, -0.25) is 0 Å². The Kier molecular flexibility index (Phi) is 3.79. The minimum Gasteiger partial charge on any atom is -0.477 e. The molecule has 0 fully saturated rings. The Morgan fingerprint density at radius 3 is 3.00 bits per heavy atom. The third-order valence-electron chi connectivity index (χ3n) is 2.92. The van der Waals surface area contributed by atoms with Crippen LogP contribution in [0.25, 0.3) is 15.9 Å². The third-order valence-corrected chi connectivity index (χ3v) is 4.97. The van der Waals surface area contributed by atoms with Gasteiger partial charge in [-0.2, -0.15) is 0 Å². The van der Waals surface area contributed by atoms with Crippen LogP contribution in [0.3, 0.4) is 0 Å². The first-order valence-corrected chi connectivity index (χ1v) is 7.92. The number of carbonyl (C=O) groups is 1. The molecule has 0 aliphatic rings. The number of aromatic nitrogens is 4. The minimum absolute atomic E-state index is 0.224. The van der Waals surface area contributed by atoms with E-state index < -0.39 is 5.97 Å². The molecule has 0 aliphatic heterocycles. The predicted octanol–water partition coefficient (Wildman–Crippen LogP) is 3.26. The summed E-state index contributed by atoms with van der Waals surface area (Å²) in [6.07, 6.45) is 2.95. The Hall–Kier alpha value is -2.44. The van der Waals surface area contributed by atoms with Gasteiger partial charge in [0.2, 0.25) is 0 Å². The monoisotopic (exact) mass is 331 g/mol. The maximum atomic E-state index is 10.8. The molecule has 2 N–H and O–H groups in total. The molecule has 22 heavy (non-hydrogen) atoms. The van der Waals surface area contributed by atoms with Gasteiger partial charge >= 0.3 is 5.97 Å². The van der Waals surface area contributed by atoms with Crippen molar-refractivity contribution >= 4 is 45.9 Å². The minimum atomic E-state index is -0.967. The number of aromatic carboxylic acids is 1. The van der Waals surface area contributed by atoms with Gasteiger partial charge in [-0.1, -0.05) is 18.3 Å². The fourth-order valence-electron chi connectivity index (χ4n) is 1.86. The molecule has 0 saturated carbocycles. The quantitative estimate of drug-likeness (QED) is 0.563. The summed E-state index contributed by atoms with van der Waals surface area (Å²) in [4.78, 5) is 30.1. The number of carboxylic acid groups (broad SMARTS) is 1. The van der Waals surface area contributed by atoms with Crippen molar-refractivity contribution in [1.82, 2.24) is 19.9 Å². The summed E-state index contributed by atoms with van der Waals surface area (Å²) < 4.78 is 0. The average molecular weight is 331 g/mol. The Morgan fingerprint density at radius 2 is 2.32 bits per heavy atom. The highest BCUT2D eigenvalue weighted by atomic mass is 32.2. The zero-order chi connectivity index (χ0) is 15.7. The molecule has 7 nitrogen and oxygen atoms in total. The zero-order valence-electron chi connectivity index (χ0n) is 11.3. The number of pyridine rings is 1. The summed E-state index contributed by atoms with van der Waals surface area (Å²) in [5.74, 6) is -0.0904. The second-order valence-electron chi connectivity index (χ2n) is 4.33. The smallest absolute Gasteiger partial charge is 0.347 e. The lowest BCUT2D eigenvalue weighted by molar-refractivity contribution is 0.0702. The van der Waals surface area contributed by atoms with Crippen LogP contribution in [0.2, 0.25) is 0 Å². The molecule has 0 radical (unpaired) electrons. The molecular weight excluding hydrogens is 322 g/mol. The van der Waals surface area contributed by atoms with Crippen molar-refractivity contribution in [2.75, 3.05) is 0 Å². The number of hydrogen-bond acceptors (Lipinski definition) is 6. The van der Waals surface area contributed by atoms with E-state index in [1.165, 1.54) is 18.0 Å². The van der Waals surface area contributed by atoms with Gasteiger partial charge in [0, 0.05) is 5.56 Å². The van der Waals surface area contributed by atoms with Crippen LogP contribution in [-0.2, 0) is 5.75 Å². The molecule has 9 heteroatoms. The largest absolute Gasteiger partial charge is 0.477 e. The van der Waals surface area contributed by atoms with Crippen LogP contribution < -0.4 is 0 Å². The van der Waals surface area contributed by atoms with Crippen molar-refractivity contribution in [3.05, 3.63) is 39.3 Å². The van der Waals surface area contributed by atoms with Gasteiger partial charge < -0.3 is 14.9 Å². The van der Waals surface area contributed by atoms with Gasteiger partial charge in [-0.25, -0.2) is 14.8 Å². The van der Waals surface area contributed by atoms with Crippen LogP contribution >= 0.6 is 23.1 Å². The molecule has 3 rings (SSSR count). The van der Waals surface area contributed by atoms with Crippen molar-refractivity contribution in [3.8, 4) is 0 Å². The van der Waals surface area contributed by atoms with Gasteiger partial charge in [-0.15, -0.1) is 16.3 Å². The highest BCUT2D eigenvalue weighted by Crippen LogP contribution is 2.28. The molecule has 0 amide bonds. The molecule has 0 saturated heterocycles. The summed E-state index contributed by atoms with van der Waals surface area (Å²) >= 11 is 2.58. The number of hydrogen-bond donors (Lipinski definition) is 2. The van der Waals surface area contributed by atoms with E-state index in [4.69, 9.17) is 11.7 Å². The van der Waals surface area contributed by atoms with Crippen LogP contribution in [-0.4, -0.2) is 31.0 Å². The number of imidazole rings is 1. The van der Waals surface area contributed by atoms with Gasteiger partial charge in [0.1, 0.15) is 21.6 Å². The van der Waals surface area contributed by atoms with E-state index in [1.807, 2.05) is 6.92 Å². The molecule has 0 aliphatic carbocycles. The maximum Gasteiger partial charge on any atom is 0.347 e. The molecular formula is C13H9N5O2S2. The summed E-state index contributed by atoms with van der Waals surface area (Å²) in [6, 6.07) is 0. The fourth-order valence-corrected chi connectivity index (χ4v) is 3.50. The molecule has 3 heterocycles. The number of thiazole rings is 1. The van der Waals surface area contributed by atoms with E-state index in [9.17, 15) is 4.79 Å². The lowest BCUT2D eigenvalue weighted by Crippen LogP contribution is -1.89. The maximum absolute atomic E-state index is 10.8. The van der Waals surface area contributed by atoms with Crippen LogP contribution in [0.1, 0.15) is 20.2 Å². The van der Waals surface area contributed by atoms with Gasteiger partial charge in [0.15, 0.2) is 5.16 Å². The van der Waals surface area contributed by atoms with E-state index in [-0.39, 0.29) is 4.88 Å². The van der Waals surface area contributed by atoms with Crippen molar-refractivity contribution in [2.45, 2.75) is 17.8 Å². The van der Waals surface area contributed by atoms with Crippen molar-refractivity contribution in [3.63, 3.8) is 0 Å². The third kappa shape index (κ3) is 2.66. The predicted molar refractivity (Wildman–Crippen MR) is 83.5 cm³/mol. The van der Waals surface area contributed by atoms with Gasteiger partial charge in [-0.05, 0) is 6.92 Å². The second-order valence-corrected chi connectivity index (χ2v) is 6.41.